The van der Waals surface area contributed by atoms with Crippen LogP contribution in [0.2, 0.25) is 0 Å². The summed E-state index contributed by atoms with van der Waals surface area (Å²) >= 11 is 2.57. The molecule has 168 valence electrons. The number of aromatic amines is 1. The Labute approximate surface area is 198 Å². The van der Waals surface area contributed by atoms with Gasteiger partial charge in [0.1, 0.15) is 4.83 Å². The molecule has 0 aliphatic rings. The minimum Gasteiger partial charge on any atom is -0.462 e. The van der Waals surface area contributed by atoms with Crippen LogP contribution in [-0.4, -0.2) is 33.7 Å². The summed E-state index contributed by atoms with van der Waals surface area (Å²) in [5.74, 6) is -0.656. The van der Waals surface area contributed by atoms with Crippen molar-refractivity contribution in [2.75, 3.05) is 11.9 Å². The molecular weight excluding hydrogens is 458 g/mol. The number of rotatable bonds is 7. The molecule has 4 rings (SSSR count). The van der Waals surface area contributed by atoms with Crippen LogP contribution in [0.5, 0.6) is 0 Å². The first kappa shape index (κ1) is 22.8. The molecule has 9 heteroatoms. The van der Waals surface area contributed by atoms with Gasteiger partial charge in [0.15, 0.2) is 5.16 Å². The second-order valence-electron chi connectivity index (χ2n) is 7.11. The summed E-state index contributed by atoms with van der Waals surface area (Å²) in [5.41, 5.74) is 2.54. The average molecular weight is 480 g/mol. The Morgan fingerprint density at radius 1 is 1.15 bits per heavy atom. The maximum absolute atomic E-state index is 12.8. The largest absolute Gasteiger partial charge is 0.462 e. The van der Waals surface area contributed by atoms with Gasteiger partial charge in [-0.1, -0.05) is 42.1 Å². The lowest BCUT2D eigenvalue weighted by Crippen LogP contribution is -2.23. The molecule has 2 heterocycles. The van der Waals surface area contributed by atoms with E-state index in [0.717, 1.165) is 11.1 Å². The highest BCUT2D eigenvalue weighted by atomic mass is 32.2. The van der Waals surface area contributed by atoms with Crippen molar-refractivity contribution in [2.24, 2.45) is 0 Å². The zero-order valence-electron chi connectivity index (χ0n) is 18.0. The highest BCUT2D eigenvalue weighted by Crippen LogP contribution is 2.32. The number of ether oxygens (including phenoxy) is 1. The summed E-state index contributed by atoms with van der Waals surface area (Å²) < 4.78 is 4.96. The molecule has 1 atom stereocenters. The quantitative estimate of drug-likeness (QED) is 0.221. The third-order valence-electron chi connectivity index (χ3n) is 4.83. The molecule has 2 aromatic carbocycles. The molecular formula is C24H21N3O4S2. The smallest absolute Gasteiger partial charge is 0.338 e. The van der Waals surface area contributed by atoms with Gasteiger partial charge in [-0.2, -0.15) is 0 Å². The van der Waals surface area contributed by atoms with Gasteiger partial charge in [-0.25, -0.2) is 9.78 Å². The number of thiophene rings is 1. The van der Waals surface area contributed by atoms with E-state index >= 15 is 0 Å². The molecule has 33 heavy (non-hydrogen) atoms. The summed E-state index contributed by atoms with van der Waals surface area (Å²) in [6, 6.07) is 16.2. The Hall–Kier alpha value is -3.43. The summed E-state index contributed by atoms with van der Waals surface area (Å²) in [5, 5.41) is 5.16. The molecule has 0 radical (unpaired) electrons. The molecule has 0 aliphatic heterocycles. The Morgan fingerprint density at radius 2 is 1.88 bits per heavy atom. The van der Waals surface area contributed by atoms with E-state index in [1.807, 2.05) is 35.7 Å². The summed E-state index contributed by atoms with van der Waals surface area (Å²) in [6.45, 7) is 3.78. The maximum atomic E-state index is 12.8. The molecule has 0 saturated heterocycles. The first-order valence-corrected chi connectivity index (χ1v) is 12.0. The standard InChI is InChI=1S/C24H21N3O4S2/c1-3-31-23(30)16-9-11-17(12-10-16)25-20(28)14(2)33-24-26-21(29)19-18(13-32-22(19)27-24)15-7-5-4-6-8-15/h4-14H,3H2,1-2H3,(H,25,28)(H,26,27,29). The highest BCUT2D eigenvalue weighted by molar-refractivity contribution is 8.00. The number of anilines is 1. The zero-order valence-corrected chi connectivity index (χ0v) is 19.6. The molecule has 0 saturated carbocycles. The molecule has 0 fully saturated rings. The van der Waals surface area contributed by atoms with E-state index in [-0.39, 0.29) is 11.5 Å². The van der Waals surface area contributed by atoms with Gasteiger partial charge in [-0.15, -0.1) is 11.3 Å². The minimum atomic E-state index is -0.510. The number of nitrogens with zero attached hydrogens (tertiary/aromatic N) is 1. The first-order valence-electron chi connectivity index (χ1n) is 10.3. The van der Waals surface area contributed by atoms with E-state index in [1.165, 1.54) is 23.1 Å². The number of carbonyl (C=O) groups excluding carboxylic acids is 2. The Kier molecular flexibility index (Phi) is 6.90. The fraction of sp³-hybridized carbons (Fsp3) is 0.167. The van der Waals surface area contributed by atoms with Crippen LogP contribution >= 0.6 is 23.1 Å². The van der Waals surface area contributed by atoms with E-state index in [4.69, 9.17) is 4.74 Å². The van der Waals surface area contributed by atoms with Crippen molar-refractivity contribution >= 4 is 50.9 Å². The Morgan fingerprint density at radius 3 is 2.58 bits per heavy atom. The number of fused-ring (bicyclic) bond motifs is 1. The average Bonchev–Trinajstić information content (AvgIpc) is 3.25. The predicted molar refractivity (Wildman–Crippen MR) is 132 cm³/mol. The van der Waals surface area contributed by atoms with Crippen LogP contribution in [0.1, 0.15) is 24.2 Å². The Bertz CT molecular complexity index is 1350. The lowest BCUT2D eigenvalue weighted by Gasteiger charge is -2.12. The van der Waals surface area contributed by atoms with Crippen LogP contribution in [0.25, 0.3) is 21.3 Å². The normalized spacial score (nSPS) is 11.8. The van der Waals surface area contributed by atoms with E-state index in [0.29, 0.717) is 33.2 Å². The third-order valence-corrected chi connectivity index (χ3v) is 6.68. The molecule has 4 aromatic rings. The molecule has 1 unspecified atom stereocenters. The molecule has 2 aromatic heterocycles. The number of amides is 1. The van der Waals surface area contributed by atoms with Gasteiger partial charge in [-0.3, -0.25) is 9.59 Å². The number of nitrogens with one attached hydrogen (secondary N) is 2. The number of H-pyrrole nitrogens is 1. The summed E-state index contributed by atoms with van der Waals surface area (Å²) in [6.07, 6.45) is 0. The van der Waals surface area contributed by atoms with E-state index < -0.39 is 11.2 Å². The van der Waals surface area contributed by atoms with Crippen LogP contribution in [-0.2, 0) is 9.53 Å². The molecule has 0 spiro atoms. The fourth-order valence-electron chi connectivity index (χ4n) is 3.18. The van der Waals surface area contributed by atoms with Crippen molar-refractivity contribution in [3.63, 3.8) is 0 Å². The number of benzene rings is 2. The van der Waals surface area contributed by atoms with Crippen molar-refractivity contribution < 1.29 is 14.3 Å². The molecule has 1 amide bonds. The number of hydrogen-bond donors (Lipinski definition) is 2. The second-order valence-corrected chi connectivity index (χ2v) is 9.30. The molecule has 0 aliphatic carbocycles. The monoisotopic (exact) mass is 479 g/mol. The Balaban J connectivity index is 1.46. The van der Waals surface area contributed by atoms with Gasteiger partial charge in [0.2, 0.25) is 5.91 Å². The van der Waals surface area contributed by atoms with Crippen LogP contribution in [0.4, 0.5) is 5.69 Å². The summed E-state index contributed by atoms with van der Waals surface area (Å²) in [4.78, 5) is 45.2. The second kappa shape index (κ2) is 10.0. The molecule has 0 bridgehead atoms. The lowest BCUT2D eigenvalue weighted by atomic mass is 10.1. The van der Waals surface area contributed by atoms with Crippen LogP contribution in [0.3, 0.4) is 0 Å². The number of thioether (sulfide) groups is 1. The van der Waals surface area contributed by atoms with Crippen molar-refractivity contribution in [3.05, 3.63) is 75.9 Å². The van der Waals surface area contributed by atoms with E-state index in [9.17, 15) is 14.4 Å². The van der Waals surface area contributed by atoms with Gasteiger partial charge in [0, 0.05) is 16.6 Å². The van der Waals surface area contributed by atoms with Gasteiger partial charge < -0.3 is 15.0 Å². The van der Waals surface area contributed by atoms with Gasteiger partial charge in [0.25, 0.3) is 5.56 Å². The lowest BCUT2D eigenvalue weighted by molar-refractivity contribution is -0.115. The minimum absolute atomic E-state index is 0.232. The third kappa shape index (κ3) is 5.15. The van der Waals surface area contributed by atoms with Crippen molar-refractivity contribution in [1.82, 2.24) is 9.97 Å². The summed E-state index contributed by atoms with van der Waals surface area (Å²) in [7, 11) is 0. The predicted octanol–water partition coefficient (Wildman–Crippen LogP) is 4.95. The molecule has 7 nitrogen and oxygen atoms in total. The topological polar surface area (TPSA) is 101 Å². The number of esters is 1. The number of aromatic nitrogens is 2. The van der Waals surface area contributed by atoms with Crippen molar-refractivity contribution in [3.8, 4) is 11.1 Å². The van der Waals surface area contributed by atoms with Gasteiger partial charge in [0.05, 0.1) is 22.8 Å². The number of hydrogen-bond acceptors (Lipinski definition) is 7. The maximum Gasteiger partial charge on any atom is 0.338 e. The van der Waals surface area contributed by atoms with E-state index in [1.54, 1.807) is 38.1 Å². The van der Waals surface area contributed by atoms with Crippen molar-refractivity contribution in [1.29, 1.82) is 0 Å². The van der Waals surface area contributed by atoms with Gasteiger partial charge in [-0.05, 0) is 43.7 Å². The van der Waals surface area contributed by atoms with Crippen molar-refractivity contribution in [2.45, 2.75) is 24.3 Å². The molecule has 2 N–H and O–H groups in total. The number of carbonyl (C=O) groups is 2. The van der Waals surface area contributed by atoms with Crippen LogP contribution < -0.4 is 10.9 Å². The SMILES string of the molecule is CCOC(=O)c1ccc(NC(=O)C(C)Sc2nc3scc(-c4ccccc4)c3c(=O)[nH]2)cc1. The van der Waals surface area contributed by atoms with Gasteiger partial charge >= 0.3 is 5.97 Å². The van der Waals surface area contributed by atoms with Crippen LogP contribution in [0, 0.1) is 0 Å². The zero-order chi connectivity index (χ0) is 23.4. The van der Waals surface area contributed by atoms with Crippen LogP contribution in [0.15, 0.2) is 69.9 Å². The fourth-order valence-corrected chi connectivity index (χ4v) is 4.99. The first-order chi connectivity index (χ1) is 16.0. The van der Waals surface area contributed by atoms with E-state index in [2.05, 4.69) is 15.3 Å². The highest BCUT2D eigenvalue weighted by Gasteiger charge is 2.19.